The number of hydrogen-bond donors (Lipinski definition) is 1. The number of carbonyl (C=O) groups excluding carboxylic acids is 2. The molecule has 170 valence electrons. The third-order valence-corrected chi connectivity index (χ3v) is 7.65. The fourth-order valence-electron chi connectivity index (χ4n) is 3.97. The predicted octanol–water partition coefficient (Wildman–Crippen LogP) is 2.30. The summed E-state index contributed by atoms with van der Waals surface area (Å²) in [5.74, 6) is -1.20. The summed E-state index contributed by atoms with van der Waals surface area (Å²) in [7, 11) is -3.75. The Morgan fingerprint density at radius 3 is 2.59 bits per heavy atom. The highest BCUT2D eigenvalue weighted by molar-refractivity contribution is 7.89. The van der Waals surface area contributed by atoms with Gasteiger partial charge in [-0.2, -0.15) is 4.31 Å². The van der Waals surface area contributed by atoms with Crippen LogP contribution in [0, 0.1) is 6.92 Å². The van der Waals surface area contributed by atoms with Gasteiger partial charge in [0, 0.05) is 18.8 Å². The molecule has 0 saturated carbocycles. The van der Waals surface area contributed by atoms with Gasteiger partial charge in [0.05, 0.1) is 23.7 Å². The molecule has 9 heteroatoms. The molecule has 2 aromatic carbocycles. The number of ether oxygens (including phenoxy) is 2. The minimum Gasteiger partial charge on any atom is -0.452 e. The summed E-state index contributed by atoms with van der Waals surface area (Å²) >= 11 is 0. The van der Waals surface area contributed by atoms with Crippen molar-refractivity contribution in [1.29, 1.82) is 0 Å². The molecule has 0 spiro atoms. The average Bonchev–Trinajstić information content (AvgIpc) is 3.26. The van der Waals surface area contributed by atoms with Crippen LogP contribution in [0.4, 0.5) is 5.69 Å². The van der Waals surface area contributed by atoms with Gasteiger partial charge < -0.3 is 14.8 Å². The second-order valence-corrected chi connectivity index (χ2v) is 9.89. The quantitative estimate of drug-likeness (QED) is 0.667. The van der Waals surface area contributed by atoms with E-state index in [-0.39, 0.29) is 23.5 Å². The van der Waals surface area contributed by atoms with Crippen molar-refractivity contribution >= 4 is 27.6 Å². The summed E-state index contributed by atoms with van der Waals surface area (Å²) < 4.78 is 37.5. The Labute approximate surface area is 187 Å². The maximum Gasteiger partial charge on any atom is 0.338 e. The van der Waals surface area contributed by atoms with Gasteiger partial charge in [0.25, 0.3) is 5.91 Å². The summed E-state index contributed by atoms with van der Waals surface area (Å²) in [5.41, 5.74) is 3.88. The number of esters is 1. The number of aryl methyl sites for hydroxylation is 3. The second kappa shape index (κ2) is 9.40. The smallest absolute Gasteiger partial charge is 0.338 e. The Kier molecular flexibility index (Phi) is 6.59. The topological polar surface area (TPSA) is 102 Å². The van der Waals surface area contributed by atoms with Gasteiger partial charge in [-0.25, -0.2) is 13.2 Å². The highest BCUT2D eigenvalue weighted by Gasteiger charge is 2.27. The molecule has 0 atom stereocenters. The van der Waals surface area contributed by atoms with Crippen LogP contribution < -0.4 is 5.32 Å². The zero-order valence-corrected chi connectivity index (χ0v) is 18.7. The van der Waals surface area contributed by atoms with E-state index in [9.17, 15) is 18.0 Å². The Balaban J connectivity index is 1.40. The molecule has 8 nitrogen and oxygen atoms in total. The zero-order valence-electron chi connectivity index (χ0n) is 17.9. The largest absolute Gasteiger partial charge is 0.452 e. The minimum absolute atomic E-state index is 0.0135. The van der Waals surface area contributed by atoms with Crippen LogP contribution in [-0.4, -0.2) is 57.5 Å². The fourth-order valence-corrected chi connectivity index (χ4v) is 5.41. The summed E-state index contributed by atoms with van der Waals surface area (Å²) in [4.78, 5) is 24.9. The van der Waals surface area contributed by atoms with E-state index in [0.717, 1.165) is 19.3 Å². The van der Waals surface area contributed by atoms with Crippen molar-refractivity contribution in [2.75, 3.05) is 38.2 Å². The lowest BCUT2D eigenvalue weighted by Crippen LogP contribution is -2.40. The fraction of sp³-hybridized carbons (Fsp3) is 0.391. The van der Waals surface area contributed by atoms with Crippen LogP contribution in [0.1, 0.15) is 33.5 Å². The SMILES string of the molecule is Cc1ccc(S(=O)(=O)N2CCOCC2)cc1C(=O)OCC(=O)Nc1ccc2c(c1)CCC2. The van der Waals surface area contributed by atoms with Gasteiger partial charge in [-0.1, -0.05) is 12.1 Å². The number of benzene rings is 2. The molecule has 0 aromatic heterocycles. The number of rotatable bonds is 6. The Hall–Kier alpha value is -2.75. The first-order valence-corrected chi connectivity index (χ1v) is 12.1. The lowest BCUT2D eigenvalue weighted by atomic mass is 10.1. The summed E-state index contributed by atoms with van der Waals surface area (Å²) in [6, 6.07) is 10.1. The number of morpholine rings is 1. The molecule has 1 aliphatic carbocycles. The van der Waals surface area contributed by atoms with Crippen molar-refractivity contribution in [2.24, 2.45) is 0 Å². The molecule has 0 radical (unpaired) electrons. The molecule has 0 bridgehead atoms. The van der Waals surface area contributed by atoms with Crippen LogP contribution in [0.5, 0.6) is 0 Å². The monoisotopic (exact) mass is 458 g/mol. The molecule has 1 fully saturated rings. The van der Waals surface area contributed by atoms with E-state index in [1.807, 2.05) is 18.2 Å². The number of fused-ring (bicyclic) bond motifs is 1. The molecule has 2 aliphatic rings. The number of hydrogen-bond acceptors (Lipinski definition) is 6. The van der Waals surface area contributed by atoms with E-state index in [2.05, 4.69) is 5.32 Å². The Morgan fingerprint density at radius 2 is 1.81 bits per heavy atom. The van der Waals surface area contributed by atoms with Crippen LogP contribution in [0.2, 0.25) is 0 Å². The Bertz CT molecular complexity index is 1140. The first-order valence-electron chi connectivity index (χ1n) is 10.6. The molecule has 1 amide bonds. The van der Waals surface area contributed by atoms with Crippen LogP contribution in [0.25, 0.3) is 0 Å². The number of anilines is 1. The average molecular weight is 459 g/mol. The molecule has 1 heterocycles. The van der Waals surface area contributed by atoms with Crippen molar-refractivity contribution < 1.29 is 27.5 Å². The molecule has 0 unspecified atom stereocenters. The molecule has 1 aliphatic heterocycles. The van der Waals surface area contributed by atoms with Crippen molar-refractivity contribution in [1.82, 2.24) is 4.31 Å². The molecule has 2 aromatic rings. The zero-order chi connectivity index (χ0) is 22.7. The van der Waals surface area contributed by atoms with E-state index >= 15 is 0 Å². The minimum atomic E-state index is -3.75. The van der Waals surface area contributed by atoms with Crippen LogP contribution in [0.3, 0.4) is 0 Å². The van der Waals surface area contributed by atoms with Gasteiger partial charge in [0.2, 0.25) is 10.0 Å². The molecule has 1 saturated heterocycles. The van der Waals surface area contributed by atoms with Gasteiger partial charge in [0.1, 0.15) is 0 Å². The maximum absolute atomic E-state index is 12.9. The maximum atomic E-state index is 12.9. The lowest BCUT2D eigenvalue weighted by molar-refractivity contribution is -0.119. The third kappa shape index (κ3) is 4.85. The van der Waals surface area contributed by atoms with Gasteiger partial charge in [-0.05, 0) is 67.1 Å². The number of carbonyl (C=O) groups is 2. The van der Waals surface area contributed by atoms with E-state index in [1.165, 1.54) is 27.6 Å². The van der Waals surface area contributed by atoms with E-state index in [4.69, 9.17) is 9.47 Å². The molecule has 32 heavy (non-hydrogen) atoms. The first-order chi connectivity index (χ1) is 15.3. The van der Waals surface area contributed by atoms with Crippen LogP contribution in [-0.2, 0) is 37.1 Å². The third-order valence-electron chi connectivity index (χ3n) is 5.75. The second-order valence-electron chi connectivity index (χ2n) is 7.95. The highest BCUT2D eigenvalue weighted by Crippen LogP contribution is 2.25. The van der Waals surface area contributed by atoms with Crippen molar-refractivity contribution in [3.05, 3.63) is 58.7 Å². The Morgan fingerprint density at radius 1 is 1.06 bits per heavy atom. The number of sulfonamides is 1. The molecular weight excluding hydrogens is 432 g/mol. The van der Waals surface area contributed by atoms with E-state index in [0.29, 0.717) is 24.5 Å². The van der Waals surface area contributed by atoms with Gasteiger partial charge in [0.15, 0.2) is 6.61 Å². The van der Waals surface area contributed by atoms with Gasteiger partial charge >= 0.3 is 5.97 Å². The summed E-state index contributed by atoms with van der Waals surface area (Å²) in [6.45, 7) is 2.42. The number of nitrogens with one attached hydrogen (secondary N) is 1. The van der Waals surface area contributed by atoms with Crippen molar-refractivity contribution in [2.45, 2.75) is 31.1 Å². The van der Waals surface area contributed by atoms with Crippen LogP contribution >= 0.6 is 0 Å². The molecule has 4 rings (SSSR count). The number of amides is 1. The van der Waals surface area contributed by atoms with Crippen molar-refractivity contribution in [3.63, 3.8) is 0 Å². The normalized spacial score (nSPS) is 16.4. The molecule has 1 N–H and O–H groups in total. The molecular formula is C23H26N2O6S. The van der Waals surface area contributed by atoms with Gasteiger partial charge in [-0.3, -0.25) is 4.79 Å². The number of nitrogens with zero attached hydrogens (tertiary/aromatic N) is 1. The van der Waals surface area contributed by atoms with E-state index in [1.54, 1.807) is 13.0 Å². The first kappa shape index (κ1) is 22.4. The van der Waals surface area contributed by atoms with Crippen molar-refractivity contribution in [3.8, 4) is 0 Å². The highest BCUT2D eigenvalue weighted by atomic mass is 32.2. The predicted molar refractivity (Wildman–Crippen MR) is 118 cm³/mol. The lowest BCUT2D eigenvalue weighted by Gasteiger charge is -2.26. The van der Waals surface area contributed by atoms with E-state index < -0.39 is 28.5 Å². The van der Waals surface area contributed by atoms with Crippen LogP contribution in [0.15, 0.2) is 41.3 Å². The summed E-state index contributed by atoms with van der Waals surface area (Å²) in [6.07, 6.45) is 3.17. The standard InChI is InChI=1S/C23H26N2O6S/c1-16-5-8-20(32(28,29)25-9-11-30-12-10-25)14-21(16)23(27)31-15-22(26)24-19-7-6-17-3-2-4-18(17)13-19/h5-8,13-14H,2-4,9-12,15H2,1H3,(H,24,26). The summed E-state index contributed by atoms with van der Waals surface area (Å²) in [5, 5.41) is 2.74. The van der Waals surface area contributed by atoms with Gasteiger partial charge in [-0.15, -0.1) is 0 Å².